The van der Waals surface area contributed by atoms with Crippen molar-refractivity contribution in [3.63, 3.8) is 0 Å². The van der Waals surface area contributed by atoms with Gasteiger partial charge in [0.25, 0.3) is 0 Å². The number of imidazole rings is 1. The minimum Gasteiger partial charge on any atom is -0.508 e. The molecule has 0 saturated carbocycles. The van der Waals surface area contributed by atoms with Gasteiger partial charge in [0.1, 0.15) is 5.75 Å². The fourth-order valence-electron chi connectivity index (χ4n) is 2.63. The van der Waals surface area contributed by atoms with Crippen LogP contribution in [0.1, 0.15) is 11.3 Å². The van der Waals surface area contributed by atoms with Crippen LogP contribution in [0, 0.1) is 0 Å². The summed E-state index contributed by atoms with van der Waals surface area (Å²) in [6.45, 7) is 0. The first-order valence-electron chi connectivity index (χ1n) is 7.82. The van der Waals surface area contributed by atoms with E-state index in [1.807, 2.05) is 59.2 Å². The van der Waals surface area contributed by atoms with Crippen molar-refractivity contribution in [2.75, 3.05) is 5.32 Å². The number of phenols is 1. The molecule has 2 heterocycles. The maximum absolute atomic E-state index is 9.40. The van der Waals surface area contributed by atoms with Gasteiger partial charge in [-0.1, -0.05) is 35.9 Å². The molecule has 6 heteroatoms. The number of hydrogen-bond acceptors (Lipinski definition) is 4. The molecule has 0 spiro atoms. The molecule has 2 N–H and O–H groups in total. The van der Waals surface area contributed by atoms with Crippen molar-refractivity contribution in [3.05, 3.63) is 83.1 Å². The average molecular weight is 351 g/mol. The lowest BCUT2D eigenvalue weighted by molar-refractivity contribution is 0.475. The second kappa shape index (κ2) is 6.45. The molecule has 4 aromatic rings. The Morgan fingerprint density at radius 3 is 2.60 bits per heavy atom. The third-order valence-corrected chi connectivity index (χ3v) is 4.22. The zero-order chi connectivity index (χ0) is 17.2. The lowest BCUT2D eigenvalue weighted by Crippen LogP contribution is -2.02. The van der Waals surface area contributed by atoms with Gasteiger partial charge in [-0.3, -0.25) is 0 Å². The molecule has 0 aliphatic carbocycles. The Balaban J connectivity index is 1.65. The molecule has 0 atom stereocenters. The van der Waals surface area contributed by atoms with Gasteiger partial charge in [0.2, 0.25) is 0 Å². The standard InChI is InChI=1S/C19H15ClN4O/c20-16-3-1-2-4-17(16)22-18-9-10-19-21-12-14(24(19)23-18)11-13-5-7-15(25)8-6-13/h1-10,12,25H,11H2,(H,22,23). The van der Waals surface area contributed by atoms with Crippen molar-refractivity contribution in [1.29, 1.82) is 0 Å². The van der Waals surface area contributed by atoms with Gasteiger partial charge in [0.15, 0.2) is 11.5 Å². The summed E-state index contributed by atoms with van der Waals surface area (Å²) in [6.07, 6.45) is 2.48. The topological polar surface area (TPSA) is 62.5 Å². The zero-order valence-electron chi connectivity index (χ0n) is 13.2. The van der Waals surface area contributed by atoms with Crippen molar-refractivity contribution in [2.45, 2.75) is 6.42 Å². The molecular weight excluding hydrogens is 336 g/mol. The van der Waals surface area contributed by atoms with Gasteiger partial charge in [-0.15, -0.1) is 5.10 Å². The van der Waals surface area contributed by atoms with Crippen LogP contribution < -0.4 is 5.32 Å². The Hall–Kier alpha value is -3.05. The SMILES string of the molecule is Oc1ccc(Cc2cnc3ccc(Nc4ccccc4Cl)nn23)cc1. The summed E-state index contributed by atoms with van der Waals surface area (Å²) in [7, 11) is 0. The Morgan fingerprint density at radius 1 is 1.00 bits per heavy atom. The average Bonchev–Trinajstić information content (AvgIpc) is 3.01. The molecule has 0 aliphatic heterocycles. The lowest BCUT2D eigenvalue weighted by Gasteiger charge is -2.08. The van der Waals surface area contributed by atoms with Crippen LogP contribution in [0.5, 0.6) is 5.75 Å². The van der Waals surface area contributed by atoms with Crippen molar-refractivity contribution in [3.8, 4) is 5.75 Å². The van der Waals surface area contributed by atoms with Gasteiger partial charge in [-0.2, -0.15) is 0 Å². The van der Waals surface area contributed by atoms with E-state index in [9.17, 15) is 5.11 Å². The highest BCUT2D eigenvalue weighted by Gasteiger charge is 2.08. The van der Waals surface area contributed by atoms with E-state index < -0.39 is 0 Å². The first-order chi connectivity index (χ1) is 12.2. The second-order valence-electron chi connectivity index (χ2n) is 5.69. The van der Waals surface area contributed by atoms with E-state index in [0.29, 0.717) is 17.3 Å². The highest BCUT2D eigenvalue weighted by atomic mass is 35.5. The highest BCUT2D eigenvalue weighted by Crippen LogP contribution is 2.24. The molecule has 0 saturated heterocycles. The Kier molecular flexibility index (Phi) is 3.99. The number of aromatic hydroxyl groups is 1. The van der Waals surface area contributed by atoms with E-state index in [1.54, 1.807) is 12.1 Å². The third kappa shape index (κ3) is 3.27. The fraction of sp³-hybridized carbons (Fsp3) is 0.0526. The summed E-state index contributed by atoms with van der Waals surface area (Å²) >= 11 is 6.19. The lowest BCUT2D eigenvalue weighted by atomic mass is 10.1. The van der Waals surface area contributed by atoms with Crippen LogP contribution in [0.15, 0.2) is 66.9 Å². The largest absolute Gasteiger partial charge is 0.508 e. The van der Waals surface area contributed by atoms with Crippen LogP contribution in [0.25, 0.3) is 5.65 Å². The van der Waals surface area contributed by atoms with E-state index in [4.69, 9.17) is 11.6 Å². The fourth-order valence-corrected chi connectivity index (χ4v) is 2.81. The summed E-state index contributed by atoms with van der Waals surface area (Å²) < 4.78 is 1.81. The molecule has 25 heavy (non-hydrogen) atoms. The molecule has 124 valence electrons. The molecule has 5 nitrogen and oxygen atoms in total. The minimum atomic E-state index is 0.256. The first kappa shape index (κ1) is 15.5. The molecule has 0 aliphatic rings. The molecule has 0 fully saturated rings. The second-order valence-corrected chi connectivity index (χ2v) is 6.09. The number of aromatic nitrogens is 3. The van der Waals surface area contributed by atoms with E-state index in [-0.39, 0.29) is 5.75 Å². The summed E-state index contributed by atoms with van der Waals surface area (Å²) in [4.78, 5) is 4.40. The Bertz CT molecular complexity index is 1030. The molecule has 0 radical (unpaired) electrons. The van der Waals surface area contributed by atoms with Crippen molar-refractivity contribution < 1.29 is 5.11 Å². The third-order valence-electron chi connectivity index (χ3n) is 3.89. The number of para-hydroxylation sites is 1. The number of fused-ring (bicyclic) bond motifs is 1. The predicted octanol–water partition coefficient (Wildman–Crippen LogP) is 4.42. The van der Waals surface area contributed by atoms with Gasteiger partial charge < -0.3 is 10.4 Å². The van der Waals surface area contributed by atoms with Crippen LogP contribution in [-0.4, -0.2) is 19.7 Å². The number of phenolic OH excluding ortho intramolecular Hbond substituents is 1. The van der Waals surface area contributed by atoms with E-state index in [2.05, 4.69) is 15.4 Å². The van der Waals surface area contributed by atoms with Gasteiger partial charge in [-0.25, -0.2) is 9.50 Å². The summed E-state index contributed by atoms with van der Waals surface area (Å²) in [5, 5.41) is 17.9. The quantitative estimate of drug-likeness (QED) is 0.572. The molecule has 0 amide bonds. The van der Waals surface area contributed by atoms with Crippen molar-refractivity contribution in [1.82, 2.24) is 14.6 Å². The smallest absolute Gasteiger partial charge is 0.153 e. The van der Waals surface area contributed by atoms with Crippen LogP contribution >= 0.6 is 11.6 Å². The van der Waals surface area contributed by atoms with E-state index in [0.717, 1.165) is 22.6 Å². The monoisotopic (exact) mass is 350 g/mol. The number of nitrogens with zero attached hydrogens (tertiary/aromatic N) is 3. The molecule has 0 bridgehead atoms. The van der Waals surface area contributed by atoms with Gasteiger partial charge >= 0.3 is 0 Å². The minimum absolute atomic E-state index is 0.256. The summed E-state index contributed by atoms with van der Waals surface area (Å²) in [5.41, 5.74) is 3.61. The van der Waals surface area contributed by atoms with Crippen molar-refractivity contribution >= 4 is 28.8 Å². The molecule has 0 unspecified atom stereocenters. The van der Waals surface area contributed by atoms with Crippen LogP contribution in [-0.2, 0) is 6.42 Å². The maximum Gasteiger partial charge on any atom is 0.153 e. The van der Waals surface area contributed by atoms with Crippen LogP contribution in [0.3, 0.4) is 0 Å². The normalized spacial score (nSPS) is 10.9. The van der Waals surface area contributed by atoms with Crippen molar-refractivity contribution in [2.24, 2.45) is 0 Å². The zero-order valence-corrected chi connectivity index (χ0v) is 14.0. The molecular formula is C19H15ClN4O. The predicted molar refractivity (Wildman–Crippen MR) is 98.6 cm³/mol. The summed E-state index contributed by atoms with van der Waals surface area (Å²) in [5.74, 6) is 0.941. The number of hydrogen-bond donors (Lipinski definition) is 2. The van der Waals surface area contributed by atoms with Gasteiger partial charge in [0, 0.05) is 6.42 Å². The van der Waals surface area contributed by atoms with E-state index in [1.165, 1.54) is 0 Å². The Morgan fingerprint density at radius 2 is 1.80 bits per heavy atom. The van der Waals surface area contributed by atoms with Crippen LogP contribution in [0.4, 0.5) is 11.5 Å². The number of nitrogens with one attached hydrogen (secondary N) is 1. The summed E-state index contributed by atoms with van der Waals surface area (Å²) in [6, 6.07) is 18.4. The van der Waals surface area contributed by atoms with Gasteiger partial charge in [0.05, 0.1) is 22.6 Å². The molecule has 2 aromatic carbocycles. The maximum atomic E-state index is 9.40. The van der Waals surface area contributed by atoms with Crippen LogP contribution in [0.2, 0.25) is 5.02 Å². The number of rotatable bonds is 4. The number of anilines is 2. The number of halogens is 1. The Labute approximate surface area is 149 Å². The highest BCUT2D eigenvalue weighted by molar-refractivity contribution is 6.33. The van der Waals surface area contributed by atoms with E-state index >= 15 is 0 Å². The van der Waals surface area contributed by atoms with Gasteiger partial charge in [-0.05, 0) is 42.0 Å². The number of benzene rings is 2. The molecule has 4 rings (SSSR count). The first-order valence-corrected chi connectivity index (χ1v) is 8.20. The molecule has 2 aromatic heterocycles.